The predicted octanol–water partition coefficient (Wildman–Crippen LogP) is 1.80. The summed E-state index contributed by atoms with van der Waals surface area (Å²) in [6, 6.07) is 3.07. The lowest BCUT2D eigenvalue weighted by Crippen LogP contribution is -2.54. The molecule has 1 aliphatic carbocycles. The molecule has 1 fully saturated rings. The monoisotopic (exact) mass is 413 g/mol. The quantitative estimate of drug-likeness (QED) is 0.329. The number of nitrogens with zero attached hydrogens (tertiary/aromatic N) is 1. The van der Waals surface area contributed by atoms with Gasteiger partial charge in [-0.05, 0) is 44.1 Å². The van der Waals surface area contributed by atoms with Crippen LogP contribution in [0.1, 0.15) is 43.0 Å². The third-order valence-corrected chi connectivity index (χ3v) is 4.68. The Labute approximate surface area is 166 Å². The van der Waals surface area contributed by atoms with Crippen molar-refractivity contribution in [3.63, 3.8) is 0 Å². The van der Waals surface area contributed by atoms with Gasteiger partial charge in [0.2, 0.25) is 0 Å². The van der Waals surface area contributed by atoms with Gasteiger partial charge in [-0.15, -0.1) is 0 Å². The molecule has 1 saturated carbocycles. The highest BCUT2D eigenvalue weighted by molar-refractivity contribution is 7.80. The number of benzene rings is 1. The van der Waals surface area contributed by atoms with Crippen molar-refractivity contribution in [2.24, 2.45) is 0 Å². The summed E-state index contributed by atoms with van der Waals surface area (Å²) in [6.07, 6.45) is 4.38. The SMILES string of the molecule is C[C@H](NC(=O)c1ccc(Cl)c([N+](=O)[O-])c1)C(=O)NNC(=S)NC1CCCC1. The fourth-order valence-electron chi connectivity index (χ4n) is 2.66. The van der Waals surface area contributed by atoms with Gasteiger partial charge in [-0.1, -0.05) is 24.4 Å². The predicted molar refractivity (Wildman–Crippen MR) is 104 cm³/mol. The molecule has 4 N–H and O–H groups in total. The van der Waals surface area contributed by atoms with Gasteiger partial charge >= 0.3 is 0 Å². The zero-order chi connectivity index (χ0) is 20.0. The first-order valence-corrected chi connectivity index (χ1v) is 9.17. The van der Waals surface area contributed by atoms with Gasteiger partial charge in [0, 0.05) is 17.7 Å². The standard InChI is InChI=1S/C16H20ClN5O4S/c1-9(14(23)20-21-16(27)19-11-4-2-3-5-11)18-15(24)10-6-7-12(17)13(8-10)22(25)26/h6-9,11H,2-5H2,1H3,(H,18,24)(H,20,23)(H2,19,21,27)/t9-/m0/s1. The topological polar surface area (TPSA) is 125 Å². The Morgan fingerprint density at radius 2 is 1.96 bits per heavy atom. The van der Waals surface area contributed by atoms with Crippen LogP contribution in [0.25, 0.3) is 0 Å². The number of amides is 2. The molecule has 1 aliphatic rings. The molecule has 1 atom stereocenters. The van der Waals surface area contributed by atoms with Crippen LogP contribution < -0.4 is 21.5 Å². The highest BCUT2D eigenvalue weighted by Gasteiger charge is 2.21. The average molecular weight is 414 g/mol. The minimum Gasteiger partial charge on any atom is -0.359 e. The Balaban J connectivity index is 1.84. The van der Waals surface area contributed by atoms with Crippen LogP contribution >= 0.6 is 23.8 Å². The van der Waals surface area contributed by atoms with Crippen molar-refractivity contribution < 1.29 is 14.5 Å². The van der Waals surface area contributed by atoms with Crippen molar-refractivity contribution in [3.8, 4) is 0 Å². The third-order valence-electron chi connectivity index (χ3n) is 4.14. The van der Waals surface area contributed by atoms with E-state index in [1.165, 1.54) is 19.1 Å². The summed E-state index contributed by atoms with van der Waals surface area (Å²) in [6.45, 7) is 1.48. The summed E-state index contributed by atoms with van der Waals surface area (Å²) in [5.41, 5.74) is 4.65. The lowest BCUT2D eigenvalue weighted by molar-refractivity contribution is -0.384. The first-order valence-electron chi connectivity index (χ1n) is 8.39. The van der Waals surface area contributed by atoms with Gasteiger partial charge in [0.15, 0.2) is 5.11 Å². The Bertz CT molecular complexity index is 754. The summed E-state index contributed by atoms with van der Waals surface area (Å²) in [4.78, 5) is 34.5. The number of rotatable bonds is 5. The Kier molecular flexibility index (Phi) is 7.31. The fourth-order valence-corrected chi connectivity index (χ4v) is 3.06. The molecule has 0 heterocycles. The van der Waals surface area contributed by atoms with Crippen molar-refractivity contribution in [3.05, 3.63) is 38.9 Å². The molecular formula is C16H20ClN5O4S. The van der Waals surface area contributed by atoms with E-state index < -0.39 is 22.8 Å². The molecule has 0 unspecified atom stereocenters. The van der Waals surface area contributed by atoms with E-state index in [1.807, 2.05) is 0 Å². The number of hydrogen-bond donors (Lipinski definition) is 4. The number of nitro benzene ring substituents is 1. The molecule has 0 spiro atoms. The first-order chi connectivity index (χ1) is 12.8. The van der Waals surface area contributed by atoms with E-state index >= 15 is 0 Å². The van der Waals surface area contributed by atoms with Gasteiger partial charge in [-0.3, -0.25) is 30.6 Å². The van der Waals surface area contributed by atoms with E-state index in [9.17, 15) is 19.7 Å². The van der Waals surface area contributed by atoms with Gasteiger partial charge in [-0.2, -0.15) is 0 Å². The molecule has 0 saturated heterocycles. The van der Waals surface area contributed by atoms with Crippen molar-refractivity contribution in [2.45, 2.75) is 44.7 Å². The van der Waals surface area contributed by atoms with Crippen LogP contribution in [0.3, 0.4) is 0 Å². The summed E-state index contributed by atoms with van der Waals surface area (Å²) in [5.74, 6) is -1.15. The molecule has 2 amide bonds. The minimum absolute atomic E-state index is 0.0251. The normalized spacial score (nSPS) is 14.9. The second-order valence-electron chi connectivity index (χ2n) is 6.19. The maximum absolute atomic E-state index is 12.2. The average Bonchev–Trinajstić information content (AvgIpc) is 3.12. The Morgan fingerprint density at radius 3 is 2.59 bits per heavy atom. The molecule has 1 aromatic rings. The van der Waals surface area contributed by atoms with Crippen molar-refractivity contribution >= 4 is 46.4 Å². The summed E-state index contributed by atoms with van der Waals surface area (Å²) < 4.78 is 0. The van der Waals surface area contributed by atoms with E-state index in [0.29, 0.717) is 11.2 Å². The van der Waals surface area contributed by atoms with Gasteiger partial charge in [0.25, 0.3) is 17.5 Å². The van der Waals surface area contributed by atoms with Crippen LogP contribution in [0.2, 0.25) is 5.02 Å². The van der Waals surface area contributed by atoms with E-state index in [-0.39, 0.29) is 16.3 Å². The second-order valence-corrected chi connectivity index (χ2v) is 7.00. The van der Waals surface area contributed by atoms with Crippen molar-refractivity contribution in [2.75, 3.05) is 0 Å². The molecule has 2 rings (SSSR count). The zero-order valence-corrected chi connectivity index (χ0v) is 16.2. The maximum Gasteiger partial charge on any atom is 0.288 e. The van der Waals surface area contributed by atoms with Crippen LogP contribution in [0.5, 0.6) is 0 Å². The Morgan fingerprint density at radius 1 is 1.30 bits per heavy atom. The molecule has 0 bridgehead atoms. The second kappa shape index (κ2) is 9.47. The zero-order valence-electron chi connectivity index (χ0n) is 14.6. The molecule has 1 aromatic carbocycles. The lowest BCUT2D eigenvalue weighted by atomic mass is 10.1. The summed E-state index contributed by atoms with van der Waals surface area (Å²) in [5, 5.41) is 16.7. The number of carbonyl (C=O) groups is 2. The third kappa shape index (κ3) is 6.04. The van der Waals surface area contributed by atoms with E-state index in [4.69, 9.17) is 23.8 Å². The maximum atomic E-state index is 12.2. The van der Waals surface area contributed by atoms with E-state index in [2.05, 4.69) is 21.5 Å². The van der Waals surface area contributed by atoms with Crippen molar-refractivity contribution in [1.29, 1.82) is 0 Å². The molecule has 0 aromatic heterocycles. The molecule has 0 radical (unpaired) electrons. The highest BCUT2D eigenvalue weighted by atomic mass is 35.5. The molecule has 27 heavy (non-hydrogen) atoms. The van der Waals surface area contributed by atoms with Crippen LogP contribution in [0.15, 0.2) is 18.2 Å². The lowest BCUT2D eigenvalue weighted by Gasteiger charge is -2.18. The van der Waals surface area contributed by atoms with E-state index in [0.717, 1.165) is 31.7 Å². The molecule has 146 valence electrons. The summed E-state index contributed by atoms with van der Waals surface area (Å²) in [7, 11) is 0. The smallest absolute Gasteiger partial charge is 0.288 e. The minimum atomic E-state index is -0.894. The van der Waals surface area contributed by atoms with Crippen molar-refractivity contribution in [1.82, 2.24) is 21.5 Å². The number of nitrogens with one attached hydrogen (secondary N) is 4. The van der Waals surface area contributed by atoms with Gasteiger partial charge in [0.05, 0.1) is 4.92 Å². The fraction of sp³-hybridized carbons (Fsp3) is 0.438. The summed E-state index contributed by atoms with van der Waals surface area (Å²) >= 11 is 10.8. The van der Waals surface area contributed by atoms with Crippen LogP contribution in [0.4, 0.5) is 5.69 Å². The highest BCUT2D eigenvalue weighted by Crippen LogP contribution is 2.25. The number of halogens is 1. The number of carbonyl (C=O) groups excluding carboxylic acids is 2. The molecule has 11 heteroatoms. The van der Waals surface area contributed by atoms with Gasteiger partial charge < -0.3 is 10.6 Å². The van der Waals surface area contributed by atoms with Crippen LogP contribution in [0, 0.1) is 10.1 Å². The number of hydrazine groups is 1. The Hall–Kier alpha value is -2.46. The number of thiocarbonyl (C=S) groups is 1. The number of hydrogen-bond acceptors (Lipinski definition) is 5. The van der Waals surface area contributed by atoms with Gasteiger partial charge in [0.1, 0.15) is 11.1 Å². The van der Waals surface area contributed by atoms with Crippen LogP contribution in [-0.4, -0.2) is 33.9 Å². The number of nitro groups is 1. The van der Waals surface area contributed by atoms with Gasteiger partial charge in [-0.25, -0.2) is 0 Å². The van der Waals surface area contributed by atoms with E-state index in [1.54, 1.807) is 0 Å². The molecular weight excluding hydrogens is 394 g/mol. The molecule has 9 nitrogen and oxygen atoms in total. The first kappa shape index (κ1) is 20.8. The largest absolute Gasteiger partial charge is 0.359 e. The molecule has 0 aliphatic heterocycles. The van der Waals surface area contributed by atoms with Crippen LogP contribution in [-0.2, 0) is 4.79 Å².